The van der Waals surface area contributed by atoms with Crippen molar-refractivity contribution in [3.63, 3.8) is 0 Å². The maximum absolute atomic E-state index is 14.7. The monoisotopic (exact) mass is 544 g/mol. The number of nitrogens with two attached hydrogens (primary N) is 3. The number of aliphatic hydroxyl groups is 1. The van der Waals surface area contributed by atoms with Crippen molar-refractivity contribution in [2.45, 2.75) is 54.6 Å². The van der Waals surface area contributed by atoms with Crippen molar-refractivity contribution in [1.29, 1.82) is 5.41 Å². The van der Waals surface area contributed by atoms with Gasteiger partial charge in [0.2, 0.25) is 15.8 Å². The van der Waals surface area contributed by atoms with E-state index >= 15 is 0 Å². The van der Waals surface area contributed by atoms with Crippen LogP contribution in [0.15, 0.2) is 35.2 Å². The number of hydrogen-bond donors (Lipinski definition) is 5. The lowest BCUT2D eigenvalue weighted by atomic mass is 9.76. The lowest BCUT2D eigenvalue weighted by Gasteiger charge is -2.49. The minimum Gasteiger partial charge on any atom is -0.394 e. The van der Waals surface area contributed by atoms with Crippen molar-refractivity contribution < 1.29 is 23.1 Å². The number of primary sulfonamides is 1. The van der Waals surface area contributed by atoms with Gasteiger partial charge in [-0.15, -0.1) is 0 Å². The molecule has 2 aromatic carbocycles. The predicted octanol–water partition coefficient (Wildman–Crippen LogP) is 0.354. The summed E-state index contributed by atoms with van der Waals surface area (Å²) in [5.41, 5.74) is 8.09. The van der Waals surface area contributed by atoms with Crippen LogP contribution in [0.2, 0.25) is 0 Å². The summed E-state index contributed by atoms with van der Waals surface area (Å²) in [4.78, 5) is 30.1. The van der Waals surface area contributed by atoms with Crippen molar-refractivity contribution in [3.05, 3.63) is 41.5 Å². The van der Waals surface area contributed by atoms with Crippen molar-refractivity contribution in [3.8, 4) is 0 Å². The predicted molar refractivity (Wildman–Crippen MR) is 144 cm³/mol. The summed E-state index contributed by atoms with van der Waals surface area (Å²) in [7, 11) is -4.60. The third-order valence-corrected chi connectivity index (χ3v) is 8.92. The van der Waals surface area contributed by atoms with Crippen LogP contribution in [0.3, 0.4) is 0 Å². The number of nitrogen functional groups attached to an aromatic ring is 1. The molecule has 0 saturated carbocycles. The number of amidine groups is 1. The Balaban J connectivity index is 2.13. The number of hydrogen-bond acceptors (Lipinski definition) is 9. The Bertz CT molecular complexity index is 1350. The van der Waals surface area contributed by atoms with E-state index in [1.165, 1.54) is 6.07 Å². The fraction of sp³-hybridized carbons (Fsp3) is 0.500. The lowest BCUT2D eigenvalue weighted by Crippen LogP contribution is -2.72. The van der Waals surface area contributed by atoms with Gasteiger partial charge in [-0.2, -0.15) is 0 Å². The minimum atomic E-state index is -4.60. The summed E-state index contributed by atoms with van der Waals surface area (Å²) in [6.07, 6.45) is 5.06. The molecule has 12 heteroatoms. The number of nitrogens with one attached hydrogen (secondary N) is 1. The van der Waals surface area contributed by atoms with E-state index in [2.05, 4.69) is 0 Å². The zero-order valence-electron chi connectivity index (χ0n) is 21.4. The van der Waals surface area contributed by atoms with Crippen molar-refractivity contribution in [2.75, 3.05) is 32.8 Å². The molecule has 0 radical (unpaired) electrons. The average Bonchev–Trinajstić information content (AvgIpc) is 2.92. The Labute approximate surface area is 222 Å². The van der Waals surface area contributed by atoms with Gasteiger partial charge in [0.1, 0.15) is 11.4 Å². The Hall–Kier alpha value is -2.74. The van der Waals surface area contributed by atoms with Crippen LogP contribution >= 0.6 is 0 Å². The van der Waals surface area contributed by atoms with Crippen LogP contribution in [-0.4, -0.2) is 79.7 Å². The van der Waals surface area contributed by atoms with Gasteiger partial charge in [-0.05, 0) is 55.6 Å². The molecule has 2 atom stereocenters. The number of Topliss-reactive ketones (excluding diaryl/α,β-unsaturated/α-hetero) is 1. The van der Waals surface area contributed by atoms with E-state index in [0.717, 1.165) is 25.7 Å². The number of carbonyl (C=O) groups excluding carboxylic acids is 2. The summed E-state index contributed by atoms with van der Waals surface area (Å²) in [6.45, 7) is 0.660. The van der Waals surface area contributed by atoms with Crippen molar-refractivity contribution >= 4 is 38.7 Å². The summed E-state index contributed by atoms with van der Waals surface area (Å²) in [6, 6.07) is 8.19. The molecule has 2 unspecified atom stereocenters. The highest BCUT2D eigenvalue weighted by Crippen LogP contribution is 2.42. The van der Waals surface area contributed by atoms with E-state index in [-0.39, 0.29) is 11.1 Å². The average molecular weight is 545 g/mol. The number of aliphatic hydroxyl groups excluding tert-OH is 1. The molecule has 0 aromatic heterocycles. The zero-order valence-corrected chi connectivity index (χ0v) is 22.2. The summed E-state index contributed by atoms with van der Waals surface area (Å²) < 4.78 is 26.4. The number of benzene rings is 2. The molecule has 2 aliphatic rings. The molecule has 38 heavy (non-hydrogen) atoms. The van der Waals surface area contributed by atoms with Crippen molar-refractivity contribution in [2.24, 2.45) is 16.6 Å². The van der Waals surface area contributed by atoms with E-state index in [0.29, 0.717) is 56.1 Å². The van der Waals surface area contributed by atoms with Crippen LogP contribution in [0, 0.1) is 5.41 Å². The first-order valence-electron chi connectivity index (χ1n) is 12.9. The van der Waals surface area contributed by atoms with Gasteiger partial charge >= 0.3 is 0 Å². The highest BCUT2D eigenvalue weighted by Gasteiger charge is 2.57. The van der Waals surface area contributed by atoms with Crippen LogP contribution in [0.5, 0.6) is 0 Å². The Morgan fingerprint density at radius 2 is 1.58 bits per heavy atom. The third kappa shape index (κ3) is 4.65. The van der Waals surface area contributed by atoms with E-state index in [9.17, 15) is 23.1 Å². The number of sulfonamides is 1. The van der Waals surface area contributed by atoms with Gasteiger partial charge < -0.3 is 16.6 Å². The first kappa shape index (κ1) is 28.3. The van der Waals surface area contributed by atoms with Gasteiger partial charge in [-0.25, -0.2) is 13.6 Å². The molecular formula is C26H36N6O5S. The molecule has 0 amide bonds. The second kappa shape index (κ2) is 10.8. The number of ketones is 1. The van der Waals surface area contributed by atoms with E-state index in [1.807, 2.05) is 0 Å². The highest BCUT2D eigenvalue weighted by atomic mass is 32.2. The molecule has 0 aliphatic carbocycles. The molecule has 2 saturated heterocycles. The largest absolute Gasteiger partial charge is 0.394 e. The standard InChI is InChI=1S/C26H36N6O5S/c27-23(28)21-19-10-4-3-9-18(19)15-20(22(21)38(30,36)37)25(16-33,31-11-5-1-6-12-31)24(35)26(29,17-34)32-13-7-2-8-14-32/h3-4,9-10,15,17,33H,1-2,5-8,11-14,16,29H2,(H3,27,28)(H2,30,36,37). The second-order valence-electron chi connectivity index (χ2n) is 10.2. The summed E-state index contributed by atoms with van der Waals surface area (Å²) in [5, 5.41) is 26.0. The molecule has 206 valence electrons. The van der Waals surface area contributed by atoms with Crippen LogP contribution in [0.25, 0.3) is 10.8 Å². The van der Waals surface area contributed by atoms with Gasteiger partial charge in [0, 0.05) is 24.2 Å². The molecule has 2 aliphatic heterocycles. The normalized spacial score (nSPS) is 20.9. The number of likely N-dealkylation sites (tertiary alicyclic amines) is 2. The van der Waals surface area contributed by atoms with Gasteiger partial charge in [-0.1, -0.05) is 37.1 Å². The lowest BCUT2D eigenvalue weighted by molar-refractivity contribution is -0.153. The van der Waals surface area contributed by atoms with E-state index < -0.39 is 44.3 Å². The number of fused-ring (bicyclic) bond motifs is 1. The SMILES string of the molecule is N=C(N)c1c(S(N)(=O)=O)c(C(CO)(C(=O)C(N)(C=O)N2CCCCC2)N2CCCCC2)cc2ccccc12. The van der Waals surface area contributed by atoms with Crippen LogP contribution in [-0.2, 0) is 25.2 Å². The maximum atomic E-state index is 14.7. The first-order valence-corrected chi connectivity index (χ1v) is 14.4. The fourth-order valence-corrected chi connectivity index (χ4v) is 7.07. The third-order valence-electron chi connectivity index (χ3n) is 7.92. The zero-order chi connectivity index (χ0) is 27.7. The highest BCUT2D eigenvalue weighted by molar-refractivity contribution is 7.89. The molecule has 0 spiro atoms. The van der Waals surface area contributed by atoms with Crippen molar-refractivity contribution in [1.82, 2.24) is 9.80 Å². The second-order valence-corrected chi connectivity index (χ2v) is 11.7. The Morgan fingerprint density at radius 3 is 2.08 bits per heavy atom. The molecule has 2 fully saturated rings. The molecule has 0 bridgehead atoms. The van der Waals surface area contributed by atoms with Crippen LogP contribution in [0.1, 0.15) is 49.7 Å². The molecule has 2 heterocycles. The van der Waals surface area contributed by atoms with Gasteiger partial charge in [0.25, 0.3) is 0 Å². The molecule has 8 N–H and O–H groups in total. The fourth-order valence-electron chi connectivity index (χ4n) is 6.03. The van der Waals surface area contributed by atoms with Gasteiger partial charge in [-0.3, -0.25) is 24.8 Å². The number of piperidine rings is 2. The molecular weight excluding hydrogens is 508 g/mol. The summed E-state index contributed by atoms with van der Waals surface area (Å²) in [5.74, 6) is -1.39. The Morgan fingerprint density at radius 1 is 1.03 bits per heavy atom. The number of carbonyl (C=O) groups is 2. The smallest absolute Gasteiger partial charge is 0.239 e. The quantitative estimate of drug-likeness (QED) is 0.128. The minimum absolute atomic E-state index is 0.132. The topological polar surface area (TPSA) is 197 Å². The molecule has 4 rings (SSSR count). The number of rotatable bonds is 9. The number of aldehydes is 1. The van der Waals surface area contributed by atoms with Crippen LogP contribution < -0.4 is 16.6 Å². The van der Waals surface area contributed by atoms with Crippen LogP contribution in [0.4, 0.5) is 0 Å². The van der Waals surface area contributed by atoms with Gasteiger partial charge in [0.15, 0.2) is 11.9 Å². The molecule has 2 aromatic rings. The maximum Gasteiger partial charge on any atom is 0.239 e. The van der Waals surface area contributed by atoms with E-state index in [4.69, 9.17) is 22.0 Å². The summed E-state index contributed by atoms with van der Waals surface area (Å²) >= 11 is 0. The van der Waals surface area contributed by atoms with Gasteiger partial charge in [0.05, 0.1) is 11.5 Å². The Kier molecular flexibility index (Phi) is 8.03. The van der Waals surface area contributed by atoms with E-state index in [1.54, 1.807) is 34.1 Å². The molecule has 11 nitrogen and oxygen atoms in total. The number of nitrogens with zero attached hydrogens (tertiary/aromatic N) is 2. The first-order chi connectivity index (χ1) is 18.0.